The number of likely N-dealkylation sites (N-methyl/N-ethyl adjacent to an activating group) is 1. The van der Waals surface area contributed by atoms with E-state index in [0.29, 0.717) is 38.5 Å². The second kappa shape index (κ2) is 6.53. The minimum Gasteiger partial charge on any atom is -0.456 e. The Labute approximate surface area is 122 Å². The highest BCUT2D eigenvalue weighted by Crippen LogP contribution is 2.09. The van der Waals surface area contributed by atoms with E-state index in [0.717, 1.165) is 0 Å². The van der Waals surface area contributed by atoms with Crippen molar-refractivity contribution in [3.8, 4) is 0 Å². The number of aryl methyl sites for hydroxylation is 1. The Morgan fingerprint density at radius 2 is 1.90 bits per heavy atom. The molecule has 2 rings (SSSR count). The van der Waals surface area contributed by atoms with Crippen LogP contribution in [0.15, 0.2) is 21.3 Å². The summed E-state index contributed by atoms with van der Waals surface area (Å²) in [6, 6.07) is 2.56. The quantitative estimate of drug-likeness (QED) is 0.808. The van der Waals surface area contributed by atoms with Gasteiger partial charge in [-0.2, -0.15) is 0 Å². The maximum atomic E-state index is 12.3. The van der Waals surface area contributed by atoms with Gasteiger partial charge in [0, 0.05) is 45.4 Å². The summed E-state index contributed by atoms with van der Waals surface area (Å²) in [7, 11) is 1.60. The number of rotatable bonds is 3. The minimum absolute atomic E-state index is 0.0422. The molecule has 114 valence electrons. The molecule has 0 atom stereocenters. The Morgan fingerprint density at radius 3 is 2.48 bits per heavy atom. The molecule has 1 fully saturated rings. The summed E-state index contributed by atoms with van der Waals surface area (Å²) in [4.78, 5) is 38.6. The molecule has 0 bridgehead atoms. The fourth-order valence-corrected chi connectivity index (χ4v) is 2.26. The molecule has 0 radical (unpaired) electrons. The van der Waals surface area contributed by atoms with Crippen LogP contribution in [0.1, 0.15) is 16.3 Å². The van der Waals surface area contributed by atoms with Crippen molar-refractivity contribution < 1.29 is 14.0 Å². The molecule has 1 saturated heterocycles. The van der Waals surface area contributed by atoms with Crippen molar-refractivity contribution in [2.45, 2.75) is 6.92 Å². The molecule has 7 heteroatoms. The maximum absolute atomic E-state index is 12.3. The van der Waals surface area contributed by atoms with Crippen LogP contribution in [0.2, 0.25) is 0 Å². The van der Waals surface area contributed by atoms with Crippen molar-refractivity contribution in [2.24, 2.45) is 0 Å². The largest absolute Gasteiger partial charge is 0.456 e. The molecule has 2 heterocycles. The van der Waals surface area contributed by atoms with E-state index >= 15 is 0 Å². The maximum Gasteiger partial charge on any atom is 0.289 e. The van der Waals surface area contributed by atoms with Gasteiger partial charge in [0.1, 0.15) is 5.76 Å². The highest BCUT2D eigenvalue weighted by atomic mass is 16.3. The van der Waals surface area contributed by atoms with Crippen molar-refractivity contribution in [3.63, 3.8) is 0 Å². The molecule has 1 N–H and O–H groups in total. The van der Waals surface area contributed by atoms with Crippen LogP contribution < -0.4 is 10.7 Å². The van der Waals surface area contributed by atoms with Crippen molar-refractivity contribution in [1.29, 1.82) is 0 Å². The fraction of sp³-hybridized carbons (Fsp3) is 0.500. The molecular formula is C14H19N3O4. The molecular weight excluding hydrogens is 274 g/mol. The lowest BCUT2D eigenvalue weighted by atomic mass is 10.2. The zero-order chi connectivity index (χ0) is 15.4. The molecule has 21 heavy (non-hydrogen) atoms. The van der Waals surface area contributed by atoms with E-state index in [4.69, 9.17) is 4.42 Å². The highest BCUT2D eigenvalue weighted by Gasteiger charge is 2.24. The van der Waals surface area contributed by atoms with E-state index in [1.807, 2.05) is 4.90 Å². The zero-order valence-corrected chi connectivity index (χ0v) is 12.2. The van der Waals surface area contributed by atoms with E-state index in [1.165, 1.54) is 12.1 Å². The third-order valence-electron chi connectivity index (χ3n) is 3.41. The number of amides is 2. The summed E-state index contributed by atoms with van der Waals surface area (Å²) in [6.07, 6.45) is 0. The highest BCUT2D eigenvalue weighted by molar-refractivity contribution is 5.91. The van der Waals surface area contributed by atoms with Gasteiger partial charge in [0.25, 0.3) is 5.91 Å². The average molecular weight is 293 g/mol. The standard InChI is InChI=1S/C14H19N3O4/c1-10-7-11(18)8-12(21-10)14(20)17-5-3-16(4-6-17)9-13(19)15-2/h7-8H,3-6,9H2,1-2H3,(H,15,19). The lowest BCUT2D eigenvalue weighted by Gasteiger charge is -2.33. The molecule has 7 nitrogen and oxygen atoms in total. The van der Waals surface area contributed by atoms with Gasteiger partial charge in [0.15, 0.2) is 11.2 Å². The lowest BCUT2D eigenvalue weighted by Crippen LogP contribution is -2.51. The number of hydrogen-bond donors (Lipinski definition) is 1. The molecule has 0 aliphatic carbocycles. The summed E-state index contributed by atoms with van der Waals surface area (Å²) in [5, 5.41) is 2.57. The van der Waals surface area contributed by atoms with Gasteiger partial charge in [-0.1, -0.05) is 0 Å². The fourth-order valence-electron chi connectivity index (χ4n) is 2.26. The summed E-state index contributed by atoms with van der Waals surface area (Å²) < 4.78 is 5.31. The van der Waals surface area contributed by atoms with Crippen molar-refractivity contribution in [1.82, 2.24) is 15.1 Å². The second-order valence-electron chi connectivity index (χ2n) is 5.01. The van der Waals surface area contributed by atoms with Crippen LogP contribution in [0, 0.1) is 6.92 Å². The topological polar surface area (TPSA) is 82.9 Å². The Balaban J connectivity index is 1.97. The first-order chi connectivity index (χ1) is 9.99. The smallest absolute Gasteiger partial charge is 0.289 e. The second-order valence-corrected chi connectivity index (χ2v) is 5.01. The molecule has 1 aromatic rings. The molecule has 0 unspecified atom stereocenters. The van der Waals surface area contributed by atoms with Gasteiger partial charge in [-0.15, -0.1) is 0 Å². The first-order valence-corrected chi connectivity index (χ1v) is 6.83. The SMILES string of the molecule is CNC(=O)CN1CCN(C(=O)c2cc(=O)cc(C)o2)CC1. The summed E-state index contributed by atoms with van der Waals surface area (Å²) in [5.74, 6) is 0.165. The van der Waals surface area contributed by atoms with Crippen LogP contribution in [0.25, 0.3) is 0 Å². The lowest BCUT2D eigenvalue weighted by molar-refractivity contribution is -0.122. The van der Waals surface area contributed by atoms with E-state index < -0.39 is 0 Å². The summed E-state index contributed by atoms with van der Waals surface area (Å²) in [6.45, 7) is 4.23. The monoisotopic (exact) mass is 293 g/mol. The van der Waals surface area contributed by atoms with Gasteiger partial charge in [0.05, 0.1) is 6.54 Å². The third kappa shape index (κ3) is 3.91. The van der Waals surface area contributed by atoms with Crippen molar-refractivity contribution in [2.75, 3.05) is 39.8 Å². The van der Waals surface area contributed by atoms with Crippen LogP contribution >= 0.6 is 0 Å². The van der Waals surface area contributed by atoms with Gasteiger partial charge >= 0.3 is 0 Å². The number of carbonyl (C=O) groups excluding carboxylic acids is 2. The van der Waals surface area contributed by atoms with E-state index in [9.17, 15) is 14.4 Å². The van der Waals surface area contributed by atoms with Crippen LogP contribution in [-0.4, -0.2) is 61.4 Å². The summed E-state index contributed by atoms with van der Waals surface area (Å²) >= 11 is 0. The Bertz CT molecular complexity index is 588. The van der Waals surface area contributed by atoms with Gasteiger partial charge in [-0.25, -0.2) is 0 Å². The van der Waals surface area contributed by atoms with Gasteiger partial charge < -0.3 is 14.6 Å². The number of nitrogens with one attached hydrogen (secondary N) is 1. The number of carbonyl (C=O) groups is 2. The Morgan fingerprint density at radius 1 is 1.24 bits per heavy atom. The number of nitrogens with zero attached hydrogens (tertiary/aromatic N) is 2. The van der Waals surface area contributed by atoms with Gasteiger partial charge in [-0.3, -0.25) is 19.3 Å². The minimum atomic E-state index is -0.282. The van der Waals surface area contributed by atoms with Crippen LogP contribution in [-0.2, 0) is 4.79 Å². The Kier molecular flexibility index (Phi) is 4.74. The molecule has 0 saturated carbocycles. The predicted molar refractivity (Wildman–Crippen MR) is 76.1 cm³/mol. The number of piperazine rings is 1. The Hall–Kier alpha value is -2.15. The molecule has 1 aliphatic heterocycles. The number of hydrogen-bond acceptors (Lipinski definition) is 5. The van der Waals surface area contributed by atoms with E-state index in [1.54, 1.807) is 18.9 Å². The zero-order valence-electron chi connectivity index (χ0n) is 12.2. The van der Waals surface area contributed by atoms with Gasteiger partial charge in [0.2, 0.25) is 5.91 Å². The summed E-state index contributed by atoms with van der Waals surface area (Å²) in [5.41, 5.74) is -0.236. The third-order valence-corrected chi connectivity index (χ3v) is 3.41. The van der Waals surface area contributed by atoms with Crippen molar-refractivity contribution in [3.05, 3.63) is 33.9 Å². The average Bonchev–Trinajstić information content (AvgIpc) is 2.46. The molecule has 1 aliphatic rings. The van der Waals surface area contributed by atoms with Crippen molar-refractivity contribution >= 4 is 11.8 Å². The molecule has 2 amide bonds. The van der Waals surface area contributed by atoms with E-state index in [2.05, 4.69) is 5.32 Å². The predicted octanol–water partition coefficient (Wildman–Crippen LogP) is -0.548. The first kappa shape index (κ1) is 15.2. The van der Waals surface area contributed by atoms with Crippen LogP contribution in [0.4, 0.5) is 0 Å². The molecule has 1 aromatic heterocycles. The molecule has 0 spiro atoms. The normalized spacial score (nSPS) is 15.8. The van der Waals surface area contributed by atoms with Gasteiger partial charge in [-0.05, 0) is 6.92 Å². The molecule has 0 aromatic carbocycles. The van der Waals surface area contributed by atoms with Crippen LogP contribution in [0.3, 0.4) is 0 Å². The van der Waals surface area contributed by atoms with Crippen LogP contribution in [0.5, 0.6) is 0 Å². The van der Waals surface area contributed by atoms with E-state index in [-0.39, 0.29) is 23.0 Å². The first-order valence-electron chi connectivity index (χ1n) is 6.83.